The second-order valence-electron chi connectivity index (χ2n) is 26.2. The lowest BCUT2D eigenvalue weighted by Crippen LogP contribution is -2.18. The molecule has 0 unspecified atom stereocenters. The molecule has 0 fully saturated rings. The zero-order chi connectivity index (χ0) is 51.5. The van der Waals surface area contributed by atoms with Crippen molar-refractivity contribution in [2.75, 3.05) is 0 Å². The minimum Gasteiger partial charge on any atom is -0.507 e. The lowest BCUT2D eigenvalue weighted by molar-refractivity contribution is 0.438. The predicted molar refractivity (Wildman–Crippen MR) is 297 cm³/mol. The van der Waals surface area contributed by atoms with Crippen LogP contribution in [0.2, 0.25) is 0 Å². The molecule has 5 rings (SSSR count). The predicted octanol–water partition coefficient (Wildman–Crippen LogP) is 21.4. The molecule has 0 saturated carbocycles. The molecule has 2 N–H and O–H groups in total. The van der Waals surface area contributed by atoms with Gasteiger partial charge in [0.1, 0.15) is 22.7 Å². The Morgan fingerprint density at radius 2 is 0.576 bits per heavy atom. The molecule has 0 amide bonds. The molecule has 0 bridgehead atoms. The standard InChI is InChI=1S/C28H40ClO2P.C28H42O2.Cl3P/c1-25(2,3)17-13-19-20-14-18(26(4,5)6)16-22(28(10,11)12)24(20)31-32(29)30-23(19)21(15-17)27(7,8)9;1-25(2,3)17-13-19(23(29)21(15-17)27(7,8)9)20-14-18(26(4,5)6)16-22(24(20)30)28(10,11)12;1-4(2)3/h13-16H,1-12H3;13-16,29-30H,1-12H3;. The van der Waals surface area contributed by atoms with Gasteiger partial charge in [-0.2, -0.15) is 0 Å². The van der Waals surface area contributed by atoms with Crippen LogP contribution in [0.25, 0.3) is 33.1 Å². The number of hydrogen-bond acceptors (Lipinski definition) is 4. The summed E-state index contributed by atoms with van der Waals surface area (Å²) in [7, 11) is -1.62. The van der Waals surface area contributed by atoms with Crippen molar-refractivity contribution in [2.45, 2.75) is 209 Å². The molecule has 0 aliphatic carbocycles. The van der Waals surface area contributed by atoms with Gasteiger partial charge < -0.3 is 18.6 Å². The van der Waals surface area contributed by atoms with Crippen molar-refractivity contribution in [1.29, 1.82) is 0 Å². The molecule has 0 aliphatic heterocycles. The fraction of sp³-hybridized carbons (Fsp3) is 0.571. The molecule has 1 heterocycles. The number of aromatic hydroxyl groups is 2. The van der Waals surface area contributed by atoms with Gasteiger partial charge in [-0.1, -0.05) is 224 Å². The smallest absolute Gasteiger partial charge is 0.327 e. The zero-order valence-corrected chi connectivity index (χ0v) is 49.5. The van der Waals surface area contributed by atoms with Crippen molar-refractivity contribution in [1.82, 2.24) is 0 Å². The first-order valence-corrected chi connectivity index (χ1v) is 29.2. The van der Waals surface area contributed by atoms with E-state index in [1.54, 1.807) is 0 Å². The van der Waals surface area contributed by atoms with Gasteiger partial charge in [0.2, 0.25) is 0 Å². The first-order valence-electron chi connectivity index (χ1n) is 23.0. The van der Waals surface area contributed by atoms with E-state index >= 15 is 0 Å². The summed E-state index contributed by atoms with van der Waals surface area (Å²) >= 11 is 21.3. The molecule has 368 valence electrons. The van der Waals surface area contributed by atoms with Gasteiger partial charge in [-0.25, -0.2) is 0 Å². The Morgan fingerprint density at radius 1 is 0.364 bits per heavy atom. The molecule has 0 radical (unpaired) electrons. The third kappa shape index (κ3) is 14.5. The van der Waals surface area contributed by atoms with E-state index in [9.17, 15) is 10.2 Å². The molecular weight excluding hydrogens is 940 g/mol. The highest BCUT2D eigenvalue weighted by Crippen LogP contribution is 2.52. The molecule has 4 nitrogen and oxygen atoms in total. The van der Waals surface area contributed by atoms with Crippen molar-refractivity contribution < 1.29 is 18.6 Å². The van der Waals surface area contributed by atoms with E-state index in [0.717, 1.165) is 44.2 Å². The van der Waals surface area contributed by atoms with E-state index in [1.165, 1.54) is 22.3 Å². The van der Waals surface area contributed by atoms with E-state index in [2.05, 4.69) is 215 Å². The summed E-state index contributed by atoms with van der Waals surface area (Å²) in [5.41, 5.74) is 11.4. The highest BCUT2D eigenvalue weighted by atomic mass is 36.0. The van der Waals surface area contributed by atoms with Gasteiger partial charge in [0.15, 0.2) is 5.98 Å². The van der Waals surface area contributed by atoms with Crippen LogP contribution < -0.4 is 0 Å². The molecule has 10 heteroatoms. The summed E-state index contributed by atoms with van der Waals surface area (Å²) in [4.78, 5) is 0. The Kier molecular flexibility index (Phi) is 17.7. The monoisotopic (exact) mass is 1020 g/mol. The van der Waals surface area contributed by atoms with E-state index < -0.39 is 13.3 Å². The van der Waals surface area contributed by atoms with Crippen molar-refractivity contribution in [3.8, 4) is 22.6 Å². The number of fused-ring (bicyclic) bond motifs is 3. The highest BCUT2D eigenvalue weighted by Gasteiger charge is 2.32. The number of benzene rings is 4. The zero-order valence-electron chi connectivity index (χ0n) is 44.7. The lowest BCUT2D eigenvalue weighted by Gasteiger charge is -2.30. The van der Waals surface area contributed by atoms with Crippen LogP contribution in [0, 0.1) is 0 Å². The van der Waals surface area contributed by atoms with Gasteiger partial charge in [-0.15, -0.1) is 0 Å². The highest BCUT2D eigenvalue weighted by molar-refractivity contribution is 8.20. The summed E-state index contributed by atoms with van der Waals surface area (Å²) in [6.07, 6.45) is 0. The first kappa shape index (κ1) is 58.3. The van der Waals surface area contributed by atoms with Crippen LogP contribution >= 0.6 is 58.3 Å². The van der Waals surface area contributed by atoms with Crippen LogP contribution in [0.15, 0.2) is 56.9 Å². The average Bonchev–Trinajstić information content (AvgIpc) is 3.22. The topological polar surface area (TPSA) is 66.7 Å². The Hall–Kier alpha value is -2.03. The maximum absolute atomic E-state index is 11.4. The third-order valence-electron chi connectivity index (χ3n) is 12.0. The van der Waals surface area contributed by atoms with E-state index in [4.69, 9.17) is 53.4 Å². The summed E-state index contributed by atoms with van der Waals surface area (Å²) in [6, 6.07) is 17.5. The van der Waals surface area contributed by atoms with Gasteiger partial charge in [-0.3, -0.25) is 0 Å². The van der Waals surface area contributed by atoms with Crippen molar-refractivity contribution in [3.63, 3.8) is 0 Å². The summed E-state index contributed by atoms with van der Waals surface area (Å²) in [6.45, 7) is 52.7. The minimum atomic E-state index is -1.62. The van der Waals surface area contributed by atoms with Crippen LogP contribution in [0.3, 0.4) is 0 Å². The normalized spacial score (nSPS) is 13.4. The fourth-order valence-corrected chi connectivity index (χ4v) is 8.82. The number of phenolic OH excluding ortho intramolecular Hbond substituents is 2. The van der Waals surface area contributed by atoms with Gasteiger partial charge in [-0.05, 0) is 89.8 Å². The van der Waals surface area contributed by atoms with Crippen LogP contribution in [0.1, 0.15) is 211 Å². The SMILES string of the molecule is CC(C)(C)c1cc(-c2cc(C(C)(C)C)cc(C(C)(C)C)c2O)c(O)c(C(C)(C)C)c1.CC(C)(C)c1cc(C(C)(C)C)c2op(Cl)oc3c(C(C)(C)C)cc(C(C)(C)C)cc3c2c1.ClP(Cl)Cl. The molecule has 0 saturated heterocycles. The number of phenols is 2. The number of rotatable bonds is 1. The first-order chi connectivity index (χ1) is 29.3. The van der Waals surface area contributed by atoms with Gasteiger partial charge in [0, 0.05) is 55.4 Å². The Morgan fingerprint density at radius 3 is 0.788 bits per heavy atom. The largest absolute Gasteiger partial charge is 0.507 e. The quantitative estimate of drug-likeness (QED) is 0.164. The van der Waals surface area contributed by atoms with Crippen LogP contribution in [0.5, 0.6) is 11.5 Å². The second kappa shape index (κ2) is 20.0. The average molecular weight is 1020 g/mol. The fourth-order valence-electron chi connectivity index (χ4n) is 7.69. The molecule has 66 heavy (non-hydrogen) atoms. The summed E-state index contributed by atoms with van der Waals surface area (Å²) in [5.74, 6) is -0.682. The third-order valence-corrected chi connectivity index (χ3v) is 13.1. The Bertz CT molecular complexity index is 2390. The van der Waals surface area contributed by atoms with E-state index in [0.29, 0.717) is 11.1 Å². The molecule has 1 aromatic heterocycles. The van der Waals surface area contributed by atoms with Crippen LogP contribution in [-0.4, -0.2) is 10.2 Å². The molecule has 0 atom stereocenters. The van der Waals surface area contributed by atoms with Gasteiger partial charge in [0.25, 0.3) is 0 Å². The van der Waals surface area contributed by atoms with Crippen molar-refractivity contribution in [2.24, 2.45) is 0 Å². The van der Waals surface area contributed by atoms with Gasteiger partial charge >= 0.3 is 7.37 Å². The van der Waals surface area contributed by atoms with Crippen molar-refractivity contribution >= 4 is 80.2 Å². The Balaban J connectivity index is 0.000000325. The summed E-state index contributed by atoms with van der Waals surface area (Å²) < 4.78 is 12.7. The maximum Gasteiger partial charge on any atom is 0.327 e. The van der Waals surface area contributed by atoms with Crippen molar-refractivity contribution in [3.05, 3.63) is 93.0 Å². The minimum absolute atomic E-state index is 0.00253. The van der Waals surface area contributed by atoms with Gasteiger partial charge in [0.05, 0.1) is 0 Å². The number of halogens is 4. The molecule has 4 aromatic carbocycles. The second-order valence-corrected chi connectivity index (χ2v) is 32.8. The summed E-state index contributed by atoms with van der Waals surface area (Å²) in [5, 5.41) is 24.9. The molecular formula is C56H82Cl4O4P2. The molecule has 5 aromatic rings. The maximum atomic E-state index is 11.4. The van der Waals surface area contributed by atoms with E-state index in [-0.39, 0.29) is 54.8 Å². The van der Waals surface area contributed by atoms with Crippen LogP contribution in [-0.2, 0) is 43.3 Å². The molecule has 0 spiro atoms. The Labute approximate surface area is 421 Å². The lowest BCUT2D eigenvalue weighted by atomic mass is 9.75. The van der Waals surface area contributed by atoms with E-state index in [1.807, 2.05) is 0 Å². The molecule has 0 aliphatic rings. The number of hydrogen-bond donors (Lipinski definition) is 2. The van der Waals surface area contributed by atoms with Crippen LogP contribution in [0.4, 0.5) is 0 Å².